The molecular weight excluding hydrogens is 484 g/mol. The molecule has 2 aliphatic heterocycles. The number of rotatable bonds is 10. The van der Waals surface area contributed by atoms with Crippen LogP contribution in [0.25, 0.3) is 0 Å². The van der Waals surface area contributed by atoms with Crippen molar-refractivity contribution in [2.24, 2.45) is 5.73 Å². The van der Waals surface area contributed by atoms with Gasteiger partial charge in [0.25, 0.3) is 0 Å². The van der Waals surface area contributed by atoms with Crippen molar-refractivity contribution < 1.29 is 14.3 Å². The van der Waals surface area contributed by atoms with Crippen LogP contribution in [0.3, 0.4) is 0 Å². The van der Waals surface area contributed by atoms with Gasteiger partial charge in [0.05, 0.1) is 20.0 Å². The molecule has 0 bridgehead atoms. The summed E-state index contributed by atoms with van der Waals surface area (Å²) in [6, 6.07) is 0.846. The van der Waals surface area contributed by atoms with Crippen LogP contribution >= 0.6 is 11.8 Å². The average molecular weight is 537 g/mol. The van der Waals surface area contributed by atoms with Crippen LogP contribution in [0.2, 0.25) is 0 Å². The van der Waals surface area contributed by atoms with Gasteiger partial charge in [0.1, 0.15) is 5.76 Å². The number of amides is 1. The highest BCUT2D eigenvalue weighted by atomic mass is 32.2. The lowest BCUT2D eigenvalue weighted by Crippen LogP contribution is -2.51. The highest BCUT2D eigenvalue weighted by Crippen LogP contribution is 2.27. The number of allylic oxidation sites excluding steroid dienone is 4. The van der Waals surface area contributed by atoms with E-state index in [-0.39, 0.29) is 0 Å². The van der Waals surface area contributed by atoms with Gasteiger partial charge >= 0.3 is 0 Å². The normalized spacial score (nSPS) is 20.3. The number of nitrogens with two attached hydrogens (primary N) is 1. The van der Waals surface area contributed by atoms with Crippen molar-refractivity contribution in [2.45, 2.75) is 66.3 Å². The second-order valence-electron chi connectivity index (χ2n) is 9.31. The summed E-state index contributed by atoms with van der Waals surface area (Å²) >= 11 is 1.82. The molecule has 0 unspecified atom stereocenters. The minimum Gasteiger partial charge on any atom is -0.501 e. The Bertz CT molecular complexity index is 782. The van der Waals surface area contributed by atoms with Gasteiger partial charge in [-0.1, -0.05) is 33.3 Å². The summed E-state index contributed by atoms with van der Waals surface area (Å²) in [5.41, 5.74) is 8.41. The maximum Gasteiger partial charge on any atom is 0.209 e. The Balaban J connectivity index is 0.000000405. The molecule has 0 aromatic heterocycles. The van der Waals surface area contributed by atoms with E-state index in [0.717, 1.165) is 87.7 Å². The molecule has 2 fully saturated rings. The highest BCUT2D eigenvalue weighted by molar-refractivity contribution is 8.03. The summed E-state index contributed by atoms with van der Waals surface area (Å²) in [5.74, 6) is 2.64. The summed E-state index contributed by atoms with van der Waals surface area (Å²) in [6.07, 6.45) is 11.9. The van der Waals surface area contributed by atoms with Gasteiger partial charge in [0.15, 0.2) is 0 Å². The van der Waals surface area contributed by atoms with Crippen molar-refractivity contribution in [3.8, 4) is 0 Å². The molecule has 0 aromatic carbocycles. The molecule has 2 heterocycles. The summed E-state index contributed by atoms with van der Waals surface area (Å²) in [7, 11) is 3.37. The SMILES string of the molecule is CC.CCN1CCC(N)=C(SC/C(C)=C(/C=C\C=C(/C)OC)OC)C1.O=CN1CCN(C2CCC2)CC1. The Morgan fingerprint density at radius 2 is 1.76 bits per heavy atom. The summed E-state index contributed by atoms with van der Waals surface area (Å²) in [5, 5.41) is 0. The van der Waals surface area contributed by atoms with Crippen LogP contribution in [0.1, 0.15) is 60.3 Å². The van der Waals surface area contributed by atoms with Gasteiger partial charge < -0.3 is 20.1 Å². The van der Waals surface area contributed by atoms with E-state index in [1.807, 2.05) is 55.7 Å². The number of ether oxygens (including phenoxy) is 2. The number of likely N-dealkylation sites (N-methyl/N-ethyl adjacent to an activating group) is 1. The number of thioether (sulfide) groups is 1. The number of carbonyl (C=O) groups excluding carboxylic acids is 1. The average Bonchev–Trinajstić information content (AvgIpc) is 2.91. The number of nitrogens with zero attached hydrogens (tertiary/aromatic N) is 3. The molecule has 1 saturated carbocycles. The molecule has 1 aliphatic carbocycles. The highest BCUT2D eigenvalue weighted by Gasteiger charge is 2.27. The minimum absolute atomic E-state index is 0.846. The van der Waals surface area contributed by atoms with Gasteiger partial charge in [-0.2, -0.15) is 0 Å². The van der Waals surface area contributed by atoms with E-state index in [9.17, 15) is 4.79 Å². The zero-order valence-electron chi connectivity index (χ0n) is 24.4. The molecule has 1 amide bonds. The van der Waals surface area contributed by atoms with Crippen LogP contribution in [0.15, 0.2) is 45.9 Å². The molecule has 0 radical (unpaired) electrons. The monoisotopic (exact) mass is 536 g/mol. The van der Waals surface area contributed by atoms with Gasteiger partial charge in [-0.05, 0) is 51.0 Å². The Morgan fingerprint density at radius 1 is 1.08 bits per heavy atom. The number of hydrogen-bond donors (Lipinski definition) is 1. The van der Waals surface area contributed by atoms with Gasteiger partial charge in [0.2, 0.25) is 6.41 Å². The number of piperazine rings is 1. The lowest BCUT2D eigenvalue weighted by molar-refractivity contribution is -0.120. The second-order valence-corrected chi connectivity index (χ2v) is 10.4. The standard InChI is InChI=1S/C18H30N2O2S.C9H16N2O.C2H6/c1-6-20-11-10-16(19)18(12-20)23-13-14(2)17(22-5)9-7-8-15(3)21-4;12-8-10-4-6-11(7-5-10)9-2-1-3-9;1-2/h7-9H,6,10-13,19H2,1-5H3;8-9H,1-7H2;1-2H3/b9-7-,15-8+,17-14-;;. The fourth-order valence-corrected chi connectivity index (χ4v) is 5.25. The zero-order chi connectivity index (χ0) is 27.6. The molecule has 212 valence electrons. The van der Waals surface area contributed by atoms with E-state index in [1.165, 1.54) is 29.7 Å². The molecule has 8 heteroatoms. The van der Waals surface area contributed by atoms with Gasteiger partial charge in [-0.15, -0.1) is 11.8 Å². The number of hydrogen-bond acceptors (Lipinski definition) is 7. The molecule has 2 N–H and O–H groups in total. The van der Waals surface area contributed by atoms with Crippen molar-refractivity contribution in [3.05, 3.63) is 45.9 Å². The van der Waals surface area contributed by atoms with Crippen LogP contribution in [-0.2, 0) is 14.3 Å². The maximum absolute atomic E-state index is 10.4. The van der Waals surface area contributed by atoms with E-state index >= 15 is 0 Å². The summed E-state index contributed by atoms with van der Waals surface area (Å²) in [6.45, 7) is 17.3. The molecule has 0 atom stereocenters. The van der Waals surface area contributed by atoms with Gasteiger partial charge in [-0.3, -0.25) is 14.6 Å². The lowest BCUT2D eigenvalue weighted by atomic mass is 9.91. The van der Waals surface area contributed by atoms with Gasteiger partial charge in [0, 0.05) is 68.1 Å². The van der Waals surface area contributed by atoms with Crippen molar-refractivity contribution >= 4 is 18.2 Å². The van der Waals surface area contributed by atoms with Crippen molar-refractivity contribution in [1.29, 1.82) is 0 Å². The molecule has 1 saturated heterocycles. The van der Waals surface area contributed by atoms with E-state index in [4.69, 9.17) is 15.2 Å². The largest absolute Gasteiger partial charge is 0.501 e. The van der Waals surface area contributed by atoms with Gasteiger partial charge in [-0.25, -0.2) is 0 Å². The zero-order valence-corrected chi connectivity index (χ0v) is 25.2. The van der Waals surface area contributed by atoms with Crippen LogP contribution in [0.4, 0.5) is 0 Å². The number of methoxy groups -OCH3 is 2. The molecule has 7 nitrogen and oxygen atoms in total. The lowest BCUT2D eigenvalue weighted by Gasteiger charge is -2.42. The molecule has 0 spiro atoms. The predicted molar refractivity (Wildman–Crippen MR) is 158 cm³/mol. The minimum atomic E-state index is 0.846. The number of carbonyl (C=O) groups is 1. The second kappa shape index (κ2) is 19.2. The fraction of sp³-hybridized carbons (Fsp3) is 0.690. The van der Waals surface area contributed by atoms with Crippen LogP contribution in [0, 0.1) is 0 Å². The third-order valence-electron chi connectivity index (χ3n) is 6.96. The first kappa shape index (κ1) is 33.1. The third kappa shape index (κ3) is 12.0. The Hall–Kier alpha value is -1.90. The smallest absolute Gasteiger partial charge is 0.209 e. The van der Waals surface area contributed by atoms with Crippen molar-refractivity contribution in [3.63, 3.8) is 0 Å². The maximum atomic E-state index is 10.4. The first-order chi connectivity index (χ1) is 17.9. The quantitative estimate of drug-likeness (QED) is 0.240. The Labute approximate surface area is 230 Å². The molecular formula is C29H52N4O3S. The summed E-state index contributed by atoms with van der Waals surface area (Å²) in [4.78, 5) is 18.6. The van der Waals surface area contributed by atoms with Crippen molar-refractivity contribution in [2.75, 3.05) is 65.8 Å². The van der Waals surface area contributed by atoms with E-state index < -0.39 is 0 Å². The molecule has 37 heavy (non-hydrogen) atoms. The first-order valence-corrected chi connectivity index (χ1v) is 14.8. The van der Waals surface area contributed by atoms with E-state index in [1.54, 1.807) is 14.2 Å². The molecule has 3 aliphatic rings. The van der Waals surface area contributed by atoms with Crippen LogP contribution < -0.4 is 5.73 Å². The van der Waals surface area contributed by atoms with Crippen LogP contribution in [-0.4, -0.2) is 92.9 Å². The fourth-order valence-electron chi connectivity index (χ4n) is 4.16. The topological polar surface area (TPSA) is 71.3 Å². The van der Waals surface area contributed by atoms with Crippen LogP contribution in [0.5, 0.6) is 0 Å². The molecule has 3 rings (SSSR count). The van der Waals surface area contributed by atoms with E-state index in [2.05, 4.69) is 23.6 Å². The summed E-state index contributed by atoms with van der Waals surface area (Å²) < 4.78 is 10.6. The molecule has 0 aromatic rings. The Kier molecular flexibility index (Phi) is 17.2. The first-order valence-electron chi connectivity index (χ1n) is 13.8. The van der Waals surface area contributed by atoms with E-state index in [0.29, 0.717) is 0 Å². The van der Waals surface area contributed by atoms with Crippen molar-refractivity contribution in [1.82, 2.24) is 14.7 Å². The third-order valence-corrected chi connectivity index (χ3v) is 8.28. The predicted octanol–water partition coefficient (Wildman–Crippen LogP) is 4.98. The Morgan fingerprint density at radius 3 is 2.27 bits per heavy atom.